The van der Waals surface area contributed by atoms with Crippen LogP contribution in [0.1, 0.15) is 36.6 Å². The number of methoxy groups -OCH3 is 1. The molecule has 5 nitrogen and oxygen atoms in total. The lowest BCUT2D eigenvalue weighted by Gasteiger charge is -2.32. The minimum atomic E-state index is -0.322. The normalized spacial score (nSPS) is 16.0. The van der Waals surface area contributed by atoms with Crippen LogP contribution in [0.3, 0.4) is 0 Å². The minimum Gasteiger partial charge on any atom is -0.441 e. The maximum atomic E-state index is 12.2. The number of fused-ring (bicyclic) bond motifs is 1. The number of ether oxygens (including phenoxy) is 2. The van der Waals surface area contributed by atoms with Crippen molar-refractivity contribution in [2.75, 3.05) is 29.9 Å². The molecule has 2 aromatic carbocycles. The van der Waals surface area contributed by atoms with Crippen LogP contribution in [0, 0.1) is 0 Å². The van der Waals surface area contributed by atoms with Gasteiger partial charge in [0.05, 0.1) is 18.8 Å². The fourth-order valence-electron chi connectivity index (χ4n) is 3.03. The first-order valence-electron chi connectivity index (χ1n) is 9.19. The first-order chi connectivity index (χ1) is 13.1. The van der Waals surface area contributed by atoms with Gasteiger partial charge in [0.15, 0.2) is 0 Å². The lowest BCUT2D eigenvalue weighted by Crippen LogP contribution is -2.39. The van der Waals surface area contributed by atoms with Crippen LogP contribution in [0.15, 0.2) is 42.5 Å². The summed E-state index contributed by atoms with van der Waals surface area (Å²) in [7, 11) is 1.62. The number of carbonyl (C=O) groups excluding carboxylic acids is 1. The Morgan fingerprint density at radius 1 is 1.19 bits per heavy atom. The molecule has 0 aromatic heterocycles. The standard InChI is InChI=1S/C21H26N2O3S/c1-4-16-5-7-17(8-6-16)14-27-22-18-9-10-20-19(13-18)15(2)26-21(24)23(20)11-12-25-3/h5-10,13,15,22H,4,11-12,14H2,1-3H3. The average Bonchev–Trinajstić information content (AvgIpc) is 2.68. The Morgan fingerprint density at radius 3 is 2.63 bits per heavy atom. The molecule has 1 aliphatic rings. The fraction of sp³-hybridized carbons (Fsp3) is 0.381. The van der Waals surface area contributed by atoms with Crippen molar-refractivity contribution in [2.45, 2.75) is 32.1 Å². The van der Waals surface area contributed by atoms with Gasteiger partial charge in [0.1, 0.15) is 6.10 Å². The van der Waals surface area contributed by atoms with Crippen LogP contribution in [-0.4, -0.2) is 26.4 Å². The molecule has 0 saturated carbocycles. The van der Waals surface area contributed by atoms with Crippen LogP contribution >= 0.6 is 11.9 Å². The van der Waals surface area contributed by atoms with Gasteiger partial charge in [0.2, 0.25) is 0 Å². The second-order valence-corrected chi connectivity index (χ2v) is 7.29. The van der Waals surface area contributed by atoms with E-state index in [1.165, 1.54) is 11.1 Å². The van der Waals surface area contributed by atoms with E-state index in [4.69, 9.17) is 9.47 Å². The molecule has 1 atom stereocenters. The van der Waals surface area contributed by atoms with Crippen LogP contribution in [-0.2, 0) is 21.6 Å². The van der Waals surface area contributed by atoms with Gasteiger partial charge in [0, 0.05) is 24.1 Å². The average molecular weight is 387 g/mol. The highest BCUT2D eigenvalue weighted by molar-refractivity contribution is 7.99. The van der Waals surface area contributed by atoms with Crippen LogP contribution in [0.4, 0.5) is 16.2 Å². The number of cyclic esters (lactones) is 1. The first-order valence-corrected chi connectivity index (χ1v) is 10.2. The van der Waals surface area contributed by atoms with Crippen LogP contribution in [0.5, 0.6) is 0 Å². The van der Waals surface area contributed by atoms with E-state index in [0.29, 0.717) is 13.2 Å². The number of hydrogen-bond acceptors (Lipinski definition) is 5. The quantitative estimate of drug-likeness (QED) is 0.634. The molecular formula is C21H26N2O3S. The van der Waals surface area contributed by atoms with Gasteiger partial charge in [-0.3, -0.25) is 4.90 Å². The van der Waals surface area contributed by atoms with E-state index in [-0.39, 0.29) is 12.2 Å². The summed E-state index contributed by atoms with van der Waals surface area (Å²) in [4.78, 5) is 13.8. The Bertz CT molecular complexity index is 779. The molecule has 2 aromatic rings. The maximum absolute atomic E-state index is 12.2. The van der Waals surface area contributed by atoms with Crippen molar-refractivity contribution in [3.63, 3.8) is 0 Å². The van der Waals surface area contributed by atoms with Crippen molar-refractivity contribution in [2.24, 2.45) is 0 Å². The van der Waals surface area contributed by atoms with E-state index in [9.17, 15) is 4.79 Å². The Hall–Kier alpha value is -2.18. The highest BCUT2D eigenvalue weighted by Gasteiger charge is 2.30. The van der Waals surface area contributed by atoms with E-state index >= 15 is 0 Å². The summed E-state index contributed by atoms with van der Waals surface area (Å²) in [6.07, 6.45) is 0.475. The van der Waals surface area contributed by atoms with Crippen molar-refractivity contribution in [1.29, 1.82) is 0 Å². The van der Waals surface area contributed by atoms with Gasteiger partial charge in [-0.1, -0.05) is 31.2 Å². The summed E-state index contributed by atoms with van der Waals surface area (Å²) in [6.45, 7) is 5.01. The van der Waals surface area contributed by atoms with E-state index in [1.54, 1.807) is 24.0 Å². The molecule has 3 rings (SSSR count). The topological polar surface area (TPSA) is 50.8 Å². The summed E-state index contributed by atoms with van der Waals surface area (Å²) in [5.41, 5.74) is 5.54. The molecular weight excluding hydrogens is 360 g/mol. The number of benzene rings is 2. The van der Waals surface area contributed by atoms with Gasteiger partial charge in [-0.2, -0.15) is 0 Å². The van der Waals surface area contributed by atoms with Gasteiger partial charge in [-0.05, 0) is 54.6 Å². The van der Waals surface area contributed by atoms with E-state index in [0.717, 1.165) is 29.1 Å². The van der Waals surface area contributed by atoms with Gasteiger partial charge < -0.3 is 14.2 Å². The smallest absolute Gasteiger partial charge is 0.414 e. The second kappa shape index (κ2) is 9.15. The number of amides is 1. The summed E-state index contributed by atoms with van der Waals surface area (Å²) < 4.78 is 14.0. The summed E-state index contributed by atoms with van der Waals surface area (Å²) >= 11 is 1.65. The van der Waals surface area contributed by atoms with Crippen molar-refractivity contribution in [3.05, 3.63) is 59.2 Å². The maximum Gasteiger partial charge on any atom is 0.414 e. The van der Waals surface area contributed by atoms with Crippen molar-refractivity contribution in [3.8, 4) is 0 Å². The third kappa shape index (κ3) is 4.76. The molecule has 1 unspecified atom stereocenters. The predicted molar refractivity (Wildman–Crippen MR) is 111 cm³/mol. The SMILES string of the molecule is CCc1ccc(CSNc2ccc3c(c2)C(C)OC(=O)N3CCOC)cc1. The molecule has 1 N–H and O–H groups in total. The molecule has 0 fully saturated rings. The highest BCUT2D eigenvalue weighted by atomic mass is 32.2. The molecule has 0 radical (unpaired) electrons. The van der Waals surface area contributed by atoms with E-state index in [1.807, 2.05) is 19.1 Å². The number of aryl methyl sites for hydroxylation is 1. The van der Waals surface area contributed by atoms with Crippen LogP contribution in [0.25, 0.3) is 0 Å². The van der Waals surface area contributed by atoms with Gasteiger partial charge in [-0.15, -0.1) is 0 Å². The van der Waals surface area contributed by atoms with E-state index in [2.05, 4.69) is 42.0 Å². The third-order valence-corrected chi connectivity index (χ3v) is 5.49. The molecule has 0 saturated heterocycles. The Labute approximate surface area is 165 Å². The zero-order valence-corrected chi connectivity index (χ0v) is 16.8. The number of hydrogen-bond donors (Lipinski definition) is 1. The molecule has 27 heavy (non-hydrogen) atoms. The lowest BCUT2D eigenvalue weighted by molar-refractivity contribution is 0.105. The zero-order chi connectivity index (χ0) is 19.2. The van der Waals surface area contributed by atoms with Crippen LogP contribution < -0.4 is 9.62 Å². The number of carbonyl (C=O) groups is 1. The molecule has 6 heteroatoms. The Morgan fingerprint density at radius 2 is 1.93 bits per heavy atom. The van der Waals surface area contributed by atoms with E-state index < -0.39 is 0 Å². The van der Waals surface area contributed by atoms with Gasteiger partial charge in [-0.25, -0.2) is 4.79 Å². The largest absolute Gasteiger partial charge is 0.441 e. The number of nitrogens with zero attached hydrogens (tertiary/aromatic N) is 1. The molecule has 1 amide bonds. The van der Waals surface area contributed by atoms with Crippen molar-refractivity contribution >= 4 is 29.4 Å². The Balaban J connectivity index is 1.65. The number of anilines is 2. The number of rotatable bonds is 8. The molecule has 0 aliphatic carbocycles. The Kier molecular flexibility index (Phi) is 6.63. The first kappa shape index (κ1) is 19.6. The summed E-state index contributed by atoms with van der Waals surface area (Å²) in [5.74, 6) is 0.881. The summed E-state index contributed by atoms with van der Waals surface area (Å²) in [6, 6.07) is 14.7. The monoisotopic (exact) mass is 386 g/mol. The molecule has 144 valence electrons. The predicted octanol–water partition coefficient (Wildman–Crippen LogP) is 5.17. The van der Waals surface area contributed by atoms with Crippen molar-refractivity contribution < 1.29 is 14.3 Å². The van der Waals surface area contributed by atoms with Crippen molar-refractivity contribution in [1.82, 2.24) is 0 Å². The third-order valence-electron chi connectivity index (χ3n) is 4.63. The van der Waals surface area contributed by atoms with Gasteiger partial charge in [0.25, 0.3) is 0 Å². The van der Waals surface area contributed by atoms with Gasteiger partial charge >= 0.3 is 6.09 Å². The highest BCUT2D eigenvalue weighted by Crippen LogP contribution is 2.36. The number of nitrogens with one attached hydrogen (secondary N) is 1. The fourth-order valence-corrected chi connectivity index (χ4v) is 3.76. The molecule has 1 aliphatic heterocycles. The lowest BCUT2D eigenvalue weighted by atomic mass is 10.0. The molecule has 1 heterocycles. The summed E-state index contributed by atoms with van der Waals surface area (Å²) in [5, 5.41) is 0. The molecule has 0 bridgehead atoms. The zero-order valence-electron chi connectivity index (χ0n) is 16.0. The minimum absolute atomic E-state index is 0.264. The van der Waals surface area contributed by atoms with Crippen LogP contribution in [0.2, 0.25) is 0 Å². The second-order valence-electron chi connectivity index (χ2n) is 6.50. The molecule has 0 spiro atoms.